The van der Waals surface area contributed by atoms with Gasteiger partial charge in [0.15, 0.2) is 0 Å². The maximum absolute atomic E-state index is 12.7. The molecule has 1 aliphatic rings. The van der Waals surface area contributed by atoms with Gasteiger partial charge in [0, 0.05) is 42.8 Å². The SMILES string of the molecule is Cc1cnc(N[C@H]2CC[C@@H](C(=O)N[C@H](C)c3ccc(Cl)cc3)CC2)nc1N(C)C. The van der Waals surface area contributed by atoms with E-state index in [9.17, 15) is 4.79 Å². The summed E-state index contributed by atoms with van der Waals surface area (Å²) in [6.45, 7) is 4.01. The number of hydrogen-bond acceptors (Lipinski definition) is 5. The van der Waals surface area contributed by atoms with E-state index in [0.29, 0.717) is 17.0 Å². The molecule has 7 heteroatoms. The summed E-state index contributed by atoms with van der Waals surface area (Å²) in [5.74, 6) is 1.77. The average molecular weight is 416 g/mol. The number of nitrogens with zero attached hydrogens (tertiary/aromatic N) is 3. The number of hydrogen-bond donors (Lipinski definition) is 2. The van der Waals surface area contributed by atoms with E-state index in [1.54, 1.807) is 0 Å². The Balaban J connectivity index is 1.50. The summed E-state index contributed by atoms with van der Waals surface area (Å²) in [5, 5.41) is 7.29. The summed E-state index contributed by atoms with van der Waals surface area (Å²) >= 11 is 5.94. The van der Waals surface area contributed by atoms with Crippen molar-refractivity contribution in [2.45, 2.75) is 51.6 Å². The Bertz CT molecular complexity index is 832. The van der Waals surface area contributed by atoms with Crippen LogP contribution in [0.4, 0.5) is 11.8 Å². The first kappa shape index (κ1) is 21.4. The number of halogens is 1. The smallest absolute Gasteiger partial charge is 0.224 e. The van der Waals surface area contributed by atoms with E-state index in [-0.39, 0.29) is 17.9 Å². The zero-order valence-corrected chi connectivity index (χ0v) is 18.3. The van der Waals surface area contributed by atoms with Crippen LogP contribution in [0.2, 0.25) is 5.02 Å². The molecule has 1 aromatic heterocycles. The molecule has 0 unspecified atom stereocenters. The Morgan fingerprint density at radius 3 is 2.45 bits per heavy atom. The van der Waals surface area contributed by atoms with Gasteiger partial charge in [-0.3, -0.25) is 4.79 Å². The normalized spacial score (nSPS) is 20.0. The van der Waals surface area contributed by atoms with E-state index < -0.39 is 0 Å². The first-order chi connectivity index (χ1) is 13.8. The molecule has 1 aromatic carbocycles. The second-order valence-corrected chi connectivity index (χ2v) is 8.51. The molecule has 3 rings (SSSR count). The van der Waals surface area contributed by atoms with Gasteiger partial charge in [0.25, 0.3) is 0 Å². The van der Waals surface area contributed by atoms with Crippen LogP contribution in [0.3, 0.4) is 0 Å². The van der Waals surface area contributed by atoms with Crippen molar-refractivity contribution in [3.63, 3.8) is 0 Å². The lowest BCUT2D eigenvalue weighted by Gasteiger charge is -2.29. The molecule has 1 saturated carbocycles. The maximum Gasteiger partial charge on any atom is 0.224 e. The third-order valence-electron chi connectivity index (χ3n) is 5.53. The van der Waals surface area contributed by atoms with Gasteiger partial charge in [0.1, 0.15) is 5.82 Å². The van der Waals surface area contributed by atoms with Crippen molar-refractivity contribution < 1.29 is 4.79 Å². The number of nitrogens with one attached hydrogen (secondary N) is 2. The minimum Gasteiger partial charge on any atom is -0.362 e. The van der Waals surface area contributed by atoms with Gasteiger partial charge in [-0.15, -0.1) is 0 Å². The Morgan fingerprint density at radius 1 is 1.17 bits per heavy atom. The highest BCUT2D eigenvalue weighted by molar-refractivity contribution is 6.30. The number of anilines is 2. The van der Waals surface area contributed by atoms with E-state index in [4.69, 9.17) is 11.6 Å². The predicted molar refractivity (Wildman–Crippen MR) is 118 cm³/mol. The molecule has 6 nitrogen and oxygen atoms in total. The number of carbonyl (C=O) groups is 1. The molecule has 2 N–H and O–H groups in total. The molecule has 1 amide bonds. The fraction of sp³-hybridized carbons (Fsp3) is 0.500. The number of amides is 1. The fourth-order valence-electron chi connectivity index (χ4n) is 3.80. The maximum atomic E-state index is 12.7. The second-order valence-electron chi connectivity index (χ2n) is 8.07. The molecule has 1 fully saturated rings. The summed E-state index contributed by atoms with van der Waals surface area (Å²) in [6, 6.07) is 7.89. The topological polar surface area (TPSA) is 70.1 Å². The van der Waals surface area contributed by atoms with Gasteiger partial charge in [-0.05, 0) is 57.2 Å². The lowest BCUT2D eigenvalue weighted by Crippen LogP contribution is -2.37. The van der Waals surface area contributed by atoms with Crippen LogP contribution in [0.25, 0.3) is 0 Å². The number of aryl methyl sites for hydroxylation is 1. The Kier molecular flexibility index (Phi) is 6.96. The quantitative estimate of drug-likeness (QED) is 0.733. The lowest BCUT2D eigenvalue weighted by atomic mass is 9.85. The molecule has 0 saturated heterocycles. The zero-order valence-electron chi connectivity index (χ0n) is 17.6. The van der Waals surface area contributed by atoms with Crippen LogP contribution in [-0.2, 0) is 4.79 Å². The average Bonchev–Trinajstić information content (AvgIpc) is 2.70. The van der Waals surface area contributed by atoms with Crippen LogP contribution in [0.5, 0.6) is 0 Å². The molecular weight excluding hydrogens is 386 g/mol. The molecule has 1 atom stereocenters. The van der Waals surface area contributed by atoms with E-state index in [0.717, 1.165) is 42.6 Å². The van der Waals surface area contributed by atoms with Crippen molar-refractivity contribution in [3.05, 3.63) is 46.6 Å². The Labute approximate surface area is 178 Å². The molecule has 0 radical (unpaired) electrons. The van der Waals surface area contributed by atoms with E-state index in [2.05, 4.69) is 20.6 Å². The molecule has 2 aromatic rings. The molecule has 0 spiro atoms. The van der Waals surface area contributed by atoms with Crippen LogP contribution in [0.1, 0.15) is 49.8 Å². The number of benzene rings is 1. The highest BCUT2D eigenvalue weighted by atomic mass is 35.5. The summed E-state index contributed by atoms with van der Waals surface area (Å²) in [6.07, 6.45) is 5.44. The molecule has 1 aliphatic carbocycles. The van der Waals surface area contributed by atoms with Crippen molar-refractivity contribution in [3.8, 4) is 0 Å². The number of rotatable bonds is 6. The largest absolute Gasteiger partial charge is 0.362 e. The summed E-state index contributed by atoms with van der Waals surface area (Å²) in [5.41, 5.74) is 2.11. The molecule has 29 heavy (non-hydrogen) atoms. The zero-order chi connectivity index (χ0) is 21.0. The van der Waals surface area contributed by atoms with E-state index in [1.807, 2.05) is 63.3 Å². The monoisotopic (exact) mass is 415 g/mol. The number of carbonyl (C=O) groups excluding carboxylic acids is 1. The molecule has 0 bridgehead atoms. The second kappa shape index (κ2) is 9.44. The molecule has 156 valence electrons. The van der Waals surface area contributed by atoms with Crippen molar-refractivity contribution >= 4 is 29.3 Å². The van der Waals surface area contributed by atoms with Gasteiger partial charge in [0.05, 0.1) is 6.04 Å². The van der Waals surface area contributed by atoms with Gasteiger partial charge < -0.3 is 15.5 Å². The molecular formula is C22H30ClN5O. The van der Waals surface area contributed by atoms with E-state index in [1.165, 1.54) is 0 Å². The fourth-order valence-corrected chi connectivity index (χ4v) is 3.93. The Morgan fingerprint density at radius 2 is 1.83 bits per heavy atom. The number of aromatic nitrogens is 2. The minimum absolute atomic E-state index is 0.0268. The van der Waals surface area contributed by atoms with E-state index >= 15 is 0 Å². The van der Waals surface area contributed by atoms with Gasteiger partial charge in [-0.1, -0.05) is 23.7 Å². The van der Waals surface area contributed by atoms with Crippen LogP contribution < -0.4 is 15.5 Å². The highest BCUT2D eigenvalue weighted by Crippen LogP contribution is 2.27. The van der Waals surface area contributed by atoms with Crippen LogP contribution in [0.15, 0.2) is 30.5 Å². The minimum atomic E-state index is -0.0268. The molecule has 0 aliphatic heterocycles. The van der Waals surface area contributed by atoms with Gasteiger partial charge in [0.2, 0.25) is 11.9 Å². The van der Waals surface area contributed by atoms with Crippen molar-refractivity contribution in [2.24, 2.45) is 5.92 Å². The Hall–Kier alpha value is -2.34. The summed E-state index contributed by atoms with van der Waals surface area (Å²) in [7, 11) is 3.96. The van der Waals surface area contributed by atoms with Crippen LogP contribution >= 0.6 is 11.6 Å². The van der Waals surface area contributed by atoms with Crippen LogP contribution in [-0.4, -0.2) is 36.0 Å². The van der Waals surface area contributed by atoms with Crippen molar-refractivity contribution in [2.75, 3.05) is 24.3 Å². The standard InChI is InChI=1S/C22H30ClN5O/c1-14-13-24-22(27-20(14)28(3)4)26-19-11-7-17(8-12-19)21(29)25-15(2)16-5-9-18(23)10-6-16/h5-6,9-10,13,15,17,19H,7-8,11-12H2,1-4H3,(H,25,29)(H,24,26,27)/t15-,17-,19+/m1/s1. The summed E-state index contributed by atoms with van der Waals surface area (Å²) < 4.78 is 0. The van der Waals surface area contributed by atoms with Gasteiger partial charge in [-0.25, -0.2) is 4.98 Å². The highest BCUT2D eigenvalue weighted by Gasteiger charge is 2.27. The predicted octanol–water partition coefficient (Wildman–Crippen LogP) is 4.35. The van der Waals surface area contributed by atoms with Crippen molar-refractivity contribution in [1.29, 1.82) is 0 Å². The van der Waals surface area contributed by atoms with Crippen LogP contribution in [0, 0.1) is 12.8 Å². The van der Waals surface area contributed by atoms with Gasteiger partial charge >= 0.3 is 0 Å². The van der Waals surface area contributed by atoms with Crippen molar-refractivity contribution in [1.82, 2.24) is 15.3 Å². The first-order valence-electron chi connectivity index (χ1n) is 10.2. The first-order valence-corrected chi connectivity index (χ1v) is 10.5. The lowest BCUT2D eigenvalue weighted by molar-refractivity contribution is -0.126. The van der Waals surface area contributed by atoms with Gasteiger partial charge in [-0.2, -0.15) is 4.98 Å². The molecule has 1 heterocycles. The summed E-state index contributed by atoms with van der Waals surface area (Å²) in [4.78, 5) is 23.7. The third kappa shape index (κ3) is 5.60. The third-order valence-corrected chi connectivity index (χ3v) is 5.78.